The second-order valence-electron chi connectivity index (χ2n) is 8.10. The van der Waals surface area contributed by atoms with Crippen LogP contribution in [0.15, 0.2) is 53.7 Å². The van der Waals surface area contributed by atoms with Gasteiger partial charge in [0.1, 0.15) is 12.4 Å². The van der Waals surface area contributed by atoms with Crippen LogP contribution in [0.5, 0.6) is 0 Å². The molecule has 7 nitrogen and oxygen atoms in total. The van der Waals surface area contributed by atoms with Crippen LogP contribution in [0.3, 0.4) is 0 Å². The van der Waals surface area contributed by atoms with E-state index >= 15 is 0 Å². The SMILES string of the molecule is COCCCn1c(CN2C(=O)/C(=N/OCC3CC3)c3ccccc32)nc2ccccc21. The van der Waals surface area contributed by atoms with Crippen molar-refractivity contribution in [1.82, 2.24) is 9.55 Å². The zero-order chi connectivity index (χ0) is 21.2. The van der Waals surface area contributed by atoms with Crippen molar-refractivity contribution in [2.75, 3.05) is 25.2 Å². The van der Waals surface area contributed by atoms with Crippen molar-refractivity contribution in [3.8, 4) is 0 Å². The van der Waals surface area contributed by atoms with Crippen LogP contribution in [0.25, 0.3) is 11.0 Å². The number of ether oxygens (including phenoxy) is 1. The number of carbonyl (C=O) groups is 1. The van der Waals surface area contributed by atoms with E-state index in [0.717, 1.165) is 41.1 Å². The van der Waals surface area contributed by atoms with Crippen LogP contribution in [0.1, 0.15) is 30.7 Å². The smallest absolute Gasteiger partial charge is 0.281 e. The maximum absolute atomic E-state index is 13.3. The van der Waals surface area contributed by atoms with Crippen LogP contribution in [0, 0.1) is 5.92 Å². The predicted molar refractivity (Wildman–Crippen MR) is 119 cm³/mol. The Morgan fingerprint density at radius 1 is 1.13 bits per heavy atom. The minimum absolute atomic E-state index is 0.146. The number of para-hydroxylation sites is 3. The molecule has 7 heteroatoms. The third kappa shape index (κ3) is 3.93. The molecule has 0 bridgehead atoms. The summed E-state index contributed by atoms with van der Waals surface area (Å²) in [6.07, 6.45) is 3.23. The fourth-order valence-corrected chi connectivity index (χ4v) is 4.00. The molecule has 0 radical (unpaired) electrons. The van der Waals surface area contributed by atoms with Crippen LogP contribution in [0.2, 0.25) is 0 Å². The maximum Gasteiger partial charge on any atom is 0.281 e. The molecule has 160 valence electrons. The summed E-state index contributed by atoms with van der Waals surface area (Å²) in [6, 6.07) is 15.8. The molecule has 2 aromatic carbocycles. The van der Waals surface area contributed by atoms with Gasteiger partial charge in [0.15, 0.2) is 5.71 Å². The maximum atomic E-state index is 13.3. The van der Waals surface area contributed by atoms with E-state index in [2.05, 4.69) is 15.8 Å². The van der Waals surface area contributed by atoms with Crippen molar-refractivity contribution in [3.63, 3.8) is 0 Å². The van der Waals surface area contributed by atoms with Crippen LogP contribution in [-0.4, -0.2) is 41.5 Å². The van der Waals surface area contributed by atoms with E-state index in [1.807, 2.05) is 42.5 Å². The van der Waals surface area contributed by atoms with E-state index in [9.17, 15) is 4.79 Å². The number of hydrogen-bond acceptors (Lipinski definition) is 5. The first-order valence-electron chi connectivity index (χ1n) is 10.8. The summed E-state index contributed by atoms with van der Waals surface area (Å²) in [7, 11) is 1.71. The first-order chi connectivity index (χ1) is 15.3. The molecule has 2 heterocycles. The van der Waals surface area contributed by atoms with Gasteiger partial charge in [0.05, 0.1) is 23.3 Å². The van der Waals surface area contributed by atoms with Gasteiger partial charge in [-0.15, -0.1) is 0 Å². The lowest BCUT2D eigenvalue weighted by Gasteiger charge is -2.17. The molecule has 3 aromatic rings. The topological polar surface area (TPSA) is 69.0 Å². The lowest BCUT2D eigenvalue weighted by Crippen LogP contribution is -2.31. The van der Waals surface area contributed by atoms with Gasteiger partial charge in [-0.05, 0) is 43.4 Å². The van der Waals surface area contributed by atoms with Crippen LogP contribution >= 0.6 is 0 Å². The Kier molecular flexibility index (Phi) is 5.42. The summed E-state index contributed by atoms with van der Waals surface area (Å²) in [5, 5.41) is 4.23. The number of hydrogen-bond donors (Lipinski definition) is 0. The summed E-state index contributed by atoms with van der Waals surface area (Å²) in [6.45, 7) is 2.40. The van der Waals surface area contributed by atoms with E-state index < -0.39 is 0 Å². The molecule has 0 saturated heterocycles. The number of imidazole rings is 1. The number of anilines is 1. The van der Waals surface area contributed by atoms with Crippen LogP contribution < -0.4 is 4.90 Å². The van der Waals surface area contributed by atoms with E-state index in [4.69, 9.17) is 14.6 Å². The second-order valence-corrected chi connectivity index (χ2v) is 8.10. The highest BCUT2D eigenvalue weighted by Crippen LogP contribution is 2.32. The van der Waals surface area contributed by atoms with Gasteiger partial charge in [-0.2, -0.15) is 0 Å². The molecular weight excluding hydrogens is 392 g/mol. The summed E-state index contributed by atoms with van der Waals surface area (Å²) >= 11 is 0. The van der Waals surface area contributed by atoms with Crippen molar-refractivity contribution in [2.24, 2.45) is 11.1 Å². The lowest BCUT2D eigenvalue weighted by atomic mass is 10.1. The number of fused-ring (bicyclic) bond motifs is 2. The first-order valence-corrected chi connectivity index (χ1v) is 10.8. The number of methoxy groups -OCH3 is 1. The minimum atomic E-state index is -0.146. The predicted octanol–water partition coefficient (Wildman–Crippen LogP) is 3.75. The molecule has 0 spiro atoms. The van der Waals surface area contributed by atoms with Gasteiger partial charge in [-0.1, -0.05) is 35.5 Å². The summed E-state index contributed by atoms with van der Waals surface area (Å²) in [5.41, 5.74) is 4.02. The number of nitrogens with zero attached hydrogens (tertiary/aromatic N) is 4. The Labute approximate surface area is 181 Å². The molecule has 1 fully saturated rings. The quantitative estimate of drug-likeness (QED) is 0.392. The van der Waals surface area contributed by atoms with Gasteiger partial charge in [-0.3, -0.25) is 9.69 Å². The van der Waals surface area contributed by atoms with Gasteiger partial charge in [-0.25, -0.2) is 4.98 Å². The van der Waals surface area contributed by atoms with Gasteiger partial charge in [0, 0.05) is 25.8 Å². The number of aromatic nitrogens is 2. The molecule has 1 aliphatic carbocycles. The Hall–Kier alpha value is -3.19. The van der Waals surface area contributed by atoms with E-state index in [1.165, 1.54) is 12.8 Å². The highest BCUT2D eigenvalue weighted by molar-refractivity contribution is 6.54. The standard InChI is InChI=1S/C24H26N4O3/c1-30-14-6-13-27-21-10-5-3-8-19(21)25-22(27)15-28-20-9-4-2-7-18(20)23(24(28)29)26-31-16-17-11-12-17/h2-5,7-10,17H,6,11-16H2,1H3/b26-23+. The molecule has 1 aliphatic heterocycles. The molecule has 5 rings (SSSR count). The zero-order valence-corrected chi connectivity index (χ0v) is 17.7. The number of benzene rings is 2. The molecule has 1 saturated carbocycles. The Morgan fingerprint density at radius 2 is 1.94 bits per heavy atom. The van der Waals surface area contributed by atoms with E-state index in [-0.39, 0.29) is 5.91 Å². The van der Waals surface area contributed by atoms with Crippen molar-refractivity contribution in [3.05, 3.63) is 59.9 Å². The van der Waals surface area contributed by atoms with Crippen LogP contribution in [-0.2, 0) is 27.5 Å². The molecule has 0 atom stereocenters. The zero-order valence-electron chi connectivity index (χ0n) is 17.7. The molecule has 1 aromatic heterocycles. The Balaban J connectivity index is 1.46. The van der Waals surface area contributed by atoms with Crippen molar-refractivity contribution >= 4 is 28.3 Å². The second kappa shape index (κ2) is 8.51. The summed E-state index contributed by atoms with van der Waals surface area (Å²) in [4.78, 5) is 25.4. The summed E-state index contributed by atoms with van der Waals surface area (Å²) in [5.74, 6) is 1.28. The number of carbonyl (C=O) groups excluding carboxylic acids is 1. The van der Waals surface area contributed by atoms with Crippen LogP contribution in [0.4, 0.5) is 5.69 Å². The van der Waals surface area contributed by atoms with E-state index in [0.29, 0.717) is 31.4 Å². The van der Waals surface area contributed by atoms with Gasteiger partial charge in [0.25, 0.3) is 5.91 Å². The number of rotatable bonds is 9. The fourth-order valence-electron chi connectivity index (χ4n) is 4.00. The highest BCUT2D eigenvalue weighted by Gasteiger charge is 2.35. The Bertz CT molecular complexity index is 1130. The number of aryl methyl sites for hydroxylation is 1. The third-order valence-electron chi connectivity index (χ3n) is 5.82. The minimum Gasteiger partial charge on any atom is -0.395 e. The summed E-state index contributed by atoms with van der Waals surface area (Å²) < 4.78 is 7.42. The number of amides is 1. The van der Waals surface area contributed by atoms with E-state index in [1.54, 1.807) is 12.0 Å². The molecule has 0 unspecified atom stereocenters. The first kappa shape index (κ1) is 19.8. The largest absolute Gasteiger partial charge is 0.395 e. The molecule has 0 N–H and O–H groups in total. The Morgan fingerprint density at radius 3 is 2.77 bits per heavy atom. The van der Waals surface area contributed by atoms with Gasteiger partial charge < -0.3 is 14.1 Å². The molecule has 31 heavy (non-hydrogen) atoms. The highest BCUT2D eigenvalue weighted by atomic mass is 16.6. The number of oxime groups is 1. The molecule has 2 aliphatic rings. The van der Waals surface area contributed by atoms with Gasteiger partial charge in [0.2, 0.25) is 0 Å². The monoisotopic (exact) mass is 418 g/mol. The molecule has 1 amide bonds. The van der Waals surface area contributed by atoms with Crippen molar-refractivity contribution in [2.45, 2.75) is 32.4 Å². The average Bonchev–Trinajstić information content (AvgIpc) is 3.50. The average molecular weight is 418 g/mol. The third-order valence-corrected chi connectivity index (χ3v) is 5.82. The molecular formula is C24H26N4O3. The normalized spacial score (nSPS) is 17.0. The van der Waals surface area contributed by atoms with Crippen molar-refractivity contribution < 1.29 is 14.4 Å². The van der Waals surface area contributed by atoms with Gasteiger partial charge >= 0.3 is 0 Å². The lowest BCUT2D eigenvalue weighted by molar-refractivity contribution is -0.112. The fraction of sp³-hybridized carbons (Fsp3) is 0.375. The van der Waals surface area contributed by atoms with Crippen molar-refractivity contribution in [1.29, 1.82) is 0 Å².